The first-order valence-electron chi connectivity index (χ1n) is 6.09. The lowest BCUT2D eigenvalue weighted by molar-refractivity contribution is -0.117. The summed E-state index contributed by atoms with van der Waals surface area (Å²) in [7, 11) is 0. The predicted octanol–water partition coefficient (Wildman–Crippen LogP) is 0.880. The summed E-state index contributed by atoms with van der Waals surface area (Å²) in [6, 6.07) is 8.89. The molecule has 3 N–H and O–H groups in total. The summed E-state index contributed by atoms with van der Waals surface area (Å²) < 4.78 is 0. The fourth-order valence-corrected chi connectivity index (χ4v) is 2.17. The van der Waals surface area contributed by atoms with Gasteiger partial charge in [-0.25, -0.2) is 4.79 Å². The average molecular weight is 274 g/mol. The maximum atomic E-state index is 11.9. The zero-order valence-corrected chi connectivity index (χ0v) is 10.8. The molecule has 0 radical (unpaired) electrons. The molecule has 0 spiro atoms. The van der Waals surface area contributed by atoms with Crippen molar-refractivity contribution in [3.8, 4) is 5.88 Å². The van der Waals surface area contributed by atoms with E-state index in [1.54, 1.807) is 24.3 Å². The van der Waals surface area contributed by atoms with E-state index in [0.29, 0.717) is 0 Å². The Morgan fingerprint density at radius 1 is 1.20 bits per heavy atom. The van der Waals surface area contributed by atoms with Gasteiger partial charge in [0, 0.05) is 12.3 Å². The third-order valence-corrected chi connectivity index (χ3v) is 3.00. The Labute approximate surface area is 114 Å². The Bertz CT molecular complexity index is 731. The van der Waals surface area contributed by atoms with E-state index >= 15 is 0 Å². The fourth-order valence-electron chi connectivity index (χ4n) is 2.17. The molecule has 0 amide bonds. The van der Waals surface area contributed by atoms with Crippen LogP contribution in [0.25, 0.3) is 0 Å². The molecule has 0 fully saturated rings. The van der Waals surface area contributed by atoms with Gasteiger partial charge in [0.15, 0.2) is 0 Å². The number of H-pyrrole nitrogens is 2. The highest BCUT2D eigenvalue weighted by Crippen LogP contribution is 2.29. The molecule has 0 saturated heterocycles. The van der Waals surface area contributed by atoms with Crippen molar-refractivity contribution in [2.75, 3.05) is 0 Å². The van der Waals surface area contributed by atoms with Crippen LogP contribution in [0.2, 0.25) is 0 Å². The second-order valence-corrected chi connectivity index (χ2v) is 4.54. The molecule has 20 heavy (non-hydrogen) atoms. The molecule has 1 aromatic carbocycles. The Morgan fingerprint density at radius 3 is 2.40 bits per heavy atom. The first-order chi connectivity index (χ1) is 9.49. The molecule has 0 bridgehead atoms. The Morgan fingerprint density at radius 2 is 1.85 bits per heavy atom. The summed E-state index contributed by atoms with van der Waals surface area (Å²) in [6.45, 7) is 1.41. The van der Waals surface area contributed by atoms with Gasteiger partial charge in [0.2, 0.25) is 5.88 Å². The lowest BCUT2D eigenvalue weighted by atomic mass is 9.88. The van der Waals surface area contributed by atoms with Crippen LogP contribution in [0.1, 0.15) is 30.4 Å². The molecule has 0 saturated carbocycles. The molecule has 1 atom stereocenters. The lowest BCUT2D eigenvalue weighted by Gasteiger charge is -2.16. The highest BCUT2D eigenvalue weighted by Gasteiger charge is 2.23. The second-order valence-electron chi connectivity index (χ2n) is 4.54. The Balaban J connectivity index is 2.61. The van der Waals surface area contributed by atoms with Crippen LogP contribution in [0, 0.1) is 0 Å². The third kappa shape index (κ3) is 2.85. The smallest absolute Gasteiger partial charge is 0.328 e. The topological polar surface area (TPSA) is 103 Å². The second kappa shape index (κ2) is 5.56. The number of hydrogen-bond acceptors (Lipinski definition) is 4. The quantitative estimate of drug-likeness (QED) is 0.770. The van der Waals surface area contributed by atoms with Gasteiger partial charge in [-0.2, -0.15) is 0 Å². The minimum Gasteiger partial charge on any atom is -0.494 e. The molecule has 6 nitrogen and oxygen atoms in total. The molecular formula is C14H14N2O4. The molecule has 2 rings (SSSR count). The number of rotatable bonds is 4. The number of carbonyl (C=O) groups is 1. The van der Waals surface area contributed by atoms with Crippen LogP contribution in [0.3, 0.4) is 0 Å². The number of hydrogen-bond donors (Lipinski definition) is 3. The molecule has 0 unspecified atom stereocenters. The van der Waals surface area contributed by atoms with Crippen LogP contribution < -0.4 is 11.2 Å². The van der Waals surface area contributed by atoms with E-state index in [4.69, 9.17) is 0 Å². The molecule has 6 heteroatoms. The molecule has 2 aromatic rings. The van der Waals surface area contributed by atoms with Gasteiger partial charge in [-0.3, -0.25) is 19.6 Å². The first kappa shape index (κ1) is 13.8. The lowest BCUT2D eigenvalue weighted by Crippen LogP contribution is -2.27. The number of aromatic hydroxyl groups is 1. The van der Waals surface area contributed by atoms with E-state index in [2.05, 4.69) is 9.97 Å². The molecule has 0 aliphatic carbocycles. The third-order valence-electron chi connectivity index (χ3n) is 3.00. The van der Waals surface area contributed by atoms with Gasteiger partial charge in [0.25, 0.3) is 5.56 Å². The van der Waals surface area contributed by atoms with E-state index < -0.39 is 23.0 Å². The van der Waals surface area contributed by atoms with Crippen LogP contribution in [0.5, 0.6) is 5.88 Å². The maximum Gasteiger partial charge on any atom is 0.328 e. The van der Waals surface area contributed by atoms with E-state index in [0.717, 1.165) is 5.56 Å². The van der Waals surface area contributed by atoms with E-state index in [1.807, 2.05) is 6.07 Å². The van der Waals surface area contributed by atoms with Gasteiger partial charge in [0.05, 0.1) is 5.56 Å². The summed E-state index contributed by atoms with van der Waals surface area (Å²) in [4.78, 5) is 38.6. The van der Waals surface area contributed by atoms with Gasteiger partial charge in [-0.1, -0.05) is 30.3 Å². The fraction of sp³-hybridized carbons (Fsp3) is 0.214. The summed E-state index contributed by atoms with van der Waals surface area (Å²) in [6.07, 6.45) is 0.0622. The van der Waals surface area contributed by atoms with Crippen LogP contribution >= 0.6 is 0 Å². The van der Waals surface area contributed by atoms with Crippen molar-refractivity contribution < 1.29 is 9.90 Å². The van der Waals surface area contributed by atoms with E-state index in [1.165, 1.54) is 6.92 Å². The van der Waals surface area contributed by atoms with Gasteiger partial charge < -0.3 is 5.11 Å². The largest absolute Gasteiger partial charge is 0.494 e. The van der Waals surface area contributed by atoms with Gasteiger partial charge in [0.1, 0.15) is 5.78 Å². The molecule has 0 aliphatic rings. The minimum absolute atomic E-state index is 0.00833. The van der Waals surface area contributed by atoms with Crippen LogP contribution in [0.4, 0.5) is 0 Å². The predicted molar refractivity (Wildman–Crippen MR) is 72.9 cm³/mol. The van der Waals surface area contributed by atoms with Crippen molar-refractivity contribution in [3.05, 3.63) is 62.3 Å². The van der Waals surface area contributed by atoms with Crippen LogP contribution in [-0.4, -0.2) is 20.9 Å². The molecule has 1 heterocycles. The number of Topliss-reactive ketones (excluding diaryl/α,β-unsaturated/α-hetero) is 1. The summed E-state index contributed by atoms with van der Waals surface area (Å²) in [5.74, 6) is -1.23. The zero-order valence-electron chi connectivity index (χ0n) is 10.8. The van der Waals surface area contributed by atoms with Crippen molar-refractivity contribution in [2.24, 2.45) is 0 Å². The average Bonchev–Trinajstić information content (AvgIpc) is 2.37. The first-order valence-corrected chi connectivity index (χ1v) is 6.09. The number of benzene rings is 1. The molecule has 104 valence electrons. The van der Waals surface area contributed by atoms with Crippen molar-refractivity contribution in [1.82, 2.24) is 9.97 Å². The monoisotopic (exact) mass is 274 g/mol. The Kier molecular flexibility index (Phi) is 3.84. The van der Waals surface area contributed by atoms with Gasteiger partial charge >= 0.3 is 5.69 Å². The number of carbonyl (C=O) groups excluding carboxylic acids is 1. The van der Waals surface area contributed by atoms with Crippen molar-refractivity contribution in [2.45, 2.75) is 19.3 Å². The molecule has 0 aliphatic heterocycles. The molecular weight excluding hydrogens is 260 g/mol. The van der Waals surface area contributed by atoms with Gasteiger partial charge in [-0.05, 0) is 12.5 Å². The van der Waals surface area contributed by atoms with Crippen LogP contribution in [-0.2, 0) is 4.79 Å². The van der Waals surface area contributed by atoms with Crippen molar-refractivity contribution >= 4 is 5.78 Å². The summed E-state index contributed by atoms with van der Waals surface area (Å²) >= 11 is 0. The molecule has 1 aromatic heterocycles. The zero-order chi connectivity index (χ0) is 14.7. The van der Waals surface area contributed by atoms with E-state index in [-0.39, 0.29) is 17.8 Å². The summed E-state index contributed by atoms with van der Waals surface area (Å²) in [5.41, 5.74) is -0.770. The Hall–Kier alpha value is -2.63. The normalized spacial score (nSPS) is 12.1. The minimum atomic E-state index is -0.786. The van der Waals surface area contributed by atoms with Crippen molar-refractivity contribution in [3.63, 3.8) is 0 Å². The van der Waals surface area contributed by atoms with Crippen molar-refractivity contribution in [1.29, 1.82) is 0 Å². The standard InChI is InChI=1S/C14H14N2O4/c1-8(17)7-10(9-5-3-2-4-6-9)11-12(18)15-14(20)16-13(11)19/h2-6,10H,7H2,1H3,(H3,15,16,18,19,20)/t10-/m0/s1. The number of nitrogens with one attached hydrogen (secondary N) is 2. The number of aromatic nitrogens is 2. The van der Waals surface area contributed by atoms with Crippen LogP contribution in [0.15, 0.2) is 39.9 Å². The van der Waals surface area contributed by atoms with Gasteiger partial charge in [-0.15, -0.1) is 0 Å². The number of aromatic amines is 2. The summed E-state index contributed by atoms with van der Waals surface area (Å²) in [5, 5.41) is 9.83. The number of ketones is 1. The highest BCUT2D eigenvalue weighted by atomic mass is 16.3. The van der Waals surface area contributed by atoms with E-state index in [9.17, 15) is 19.5 Å². The maximum absolute atomic E-state index is 11.9. The SMILES string of the molecule is CC(=O)C[C@@H](c1ccccc1)c1c(O)[nH]c(=O)[nH]c1=O. The highest BCUT2D eigenvalue weighted by molar-refractivity contribution is 5.77.